The van der Waals surface area contributed by atoms with Crippen LogP contribution < -0.4 is 30.4 Å². The van der Waals surface area contributed by atoms with E-state index in [1.54, 1.807) is 68.8 Å². The Morgan fingerprint density at radius 2 is 0.954 bits per heavy atom. The first kappa shape index (κ1) is 46.8. The molecule has 0 saturated carbocycles. The number of rotatable bonds is 15. The third-order valence-corrected chi connectivity index (χ3v) is 12.0. The minimum atomic E-state index is -1.01. The van der Waals surface area contributed by atoms with Crippen molar-refractivity contribution in [2.45, 2.75) is 26.4 Å². The number of esters is 1. The summed E-state index contributed by atoms with van der Waals surface area (Å²) in [5, 5.41) is 19.6. The van der Waals surface area contributed by atoms with Gasteiger partial charge in [0.25, 0.3) is 0 Å². The number of carbonyl (C=O) groups excluding carboxylic acids is 3. The van der Waals surface area contributed by atoms with Crippen LogP contribution in [0.3, 0.4) is 0 Å². The third-order valence-electron chi connectivity index (χ3n) is 9.65. The van der Waals surface area contributed by atoms with Gasteiger partial charge in [0, 0.05) is 42.4 Å². The van der Waals surface area contributed by atoms with Crippen LogP contribution in [0.1, 0.15) is 62.3 Å². The Morgan fingerprint density at radius 3 is 1.35 bits per heavy atom. The van der Waals surface area contributed by atoms with E-state index in [1.807, 2.05) is 91.0 Å². The molecule has 2 aromatic heterocycles. The van der Waals surface area contributed by atoms with Crippen LogP contribution in [0.25, 0.3) is 20.2 Å². The van der Waals surface area contributed by atoms with Gasteiger partial charge in [-0.25, -0.2) is 9.59 Å². The molecule has 8 rings (SSSR count). The van der Waals surface area contributed by atoms with Crippen LogP contribution in [0.4, 0.5) is 0 Å². The average Bonchev–Trinajstić information content (AvgIpc) is 3.92. The highest BCUT2D eigenvalue weighted by Crippen LogP contribution is 2.40. The molecule has 6 N–H and O–H groups in total. The molecule has 332 valence electrons. The maximum absolute atomic E-state index is 13.0. The van der Waals surface area contributed by atoms with Crippen LogP contribution >= 0.6 is 22.7 Å². The predicted octanol–water partition coefficient (Wildman–Crippen LogP) is 9.41. The van der Waals surface area contributed by atoms with Gasteiger partial charge in [-0.15, -0.1) is 22.7 Å². The molecule has 6 aromatic carbocycles. The molecule has 0 unspecified atom stereocenters. The standard InChI is InChI=1S/C25H21NO5S.C18H15NO5S.C7H8O/c1-29-20-8-5-9-21-22(20)19(15-30-18-12-10-17(11-13-18)24(26)27)23(32-21)25(28)31-14-16-6-3-2-4-7-16;1-23-13-3-2-4-14-15(13)12(16(25-14)18(21)22)9-24-11-7-5-10(6-8-11)17(19)20;8-6-7-4-2-1-3-5-7/h2-13H,14-15H2,1H3,(H2,26,27);2-8H,9H2,1H3,(H2,19,20)(H,21,22);1-5,8H,6H2. The maximum atomic E-state index is 13.0. The van der Waals surface area contributed by atoms with E-state index in [-0.39, 0.29) is 31.3 Å². The van der Waals surface area contributed by atoms with E-state index < -0.39 is 23.8 Å². The van der Waals surface area contributed by atoms with Gasteiger partial charge >= 0.3 is 11.9 Å². The van der Waals surface area contributed by atoms with Gasteiger partial charge in [0.1, 0.15) is 52.6 Å². The number of primary amides is 2. The number of ether oxygens (including phenoxy) is 5. The summed E-state index contributed by atoms with van der Waals surface area (Å²) < 4.78 is 29.8. The Labute approximate surface area is 382 Å². The number of nitrogens with two attached hydrogens (primary N) is 2. The lowest BCUT2D eigenvalue weighted by atomic mass is 10.1. The Balaban J connectivity index is 0.000000188. The van der Waals surface area contributed by atoms with Gasteiger partial charge in [-0.05, 0) is 83.9 Å². The number of carboxylic acids is 1. The summed E-state index contributed by atoms with van der Waals surface area (Å²) in [4.78, 5) is 47.6. The molecule has 0 aliphatic carbocycles. The quantitative estimate of drug-likeness (QED) is 0.0713. The Kier molecular flexibility index (Phi) is 16.2. The lowest BCUT2D eigenvalue weighted by Gasteiger charge is -2.10. The summed E-state index contributed by atoms with van der Waals surface area (Å²) in [6.45, 7) is 0.519. The molecule has 13 nitrogen and oxygen atoms in total. The molecule has 0 radical (unpaired) electrons. The van der Waals surface area contributed by atoms with E-state index in [4.69, 9.17) is 40.3 Å². The van der Waals surface area contributed by atoms with Crippen molar-refractivity contribution in [1.29, 1.82) is 0 Å². The second kappa shape index (κ2) is 22.6. The summed E-state index contributed by atoms with van der Waals surface area (Å²) in [6, 6.07) is 43.0. The fourth-order valence-corrected chi connectivity index (χ4v) is 8.61. The number of aliphatic hydroxyl groups is 1. The summed E-state index contributed by atoms with van der Waals surface area (Å²) in [5.74, 6) is -0.136. The molecule has 2 amide bonds. The molecule has 0 spiro atoms. The number of hydrogen-bond donors (Lipinski definition) is 4. The number of aliphatic hydroxyl groups excluding tert-OH is 1. The summed E-state index contributed by atoms with van der Waals surface area (Å²) in [5.41, 5.74) is 14.4. The molecular formula is C50H44N2O11S2. The van der Waals surface area contributed by atoms with Crippen LogP contribution in [0.15, 0.2) is 146 Å². The highest BCUT2D eigenvalue weighted by atomic mass is 32.1. The summed E-state index contributed by atoms with van der Waals surface area (Å²) in [7, 11) is 3.13. The van der Waals surface area contributed by atoms with Crippen LogP contribution in [0, 0.1) is 0 Å². The zero-order chi connectivity index (χ0) is 46.3. The molecule has 0 atom stereocenters. The van der Waals surface area contributed by atoms with Crippen LogP contribution in [0.5, 0.6) is 23.0 Å². The number of benzene rings is 6. The largest absolute Gasteiger partial charge is 0.496 e. The topological polar surface area (TPSA) is 207 Å². The number of carboxylic acid groups (broad SMARTS) is 1. The van der Waals surface area contributed by atoms with Crippen molar-refractivity contribution in [2.75, 3.05) is 14.2 Å². The minimum absolute atomic E-state index is 0.0674. The second-order valence-corrected chi connectivity index (χ2v) is 16.0. The molecular weight excluding hydrogens is 869 g/mol. The van der Waals surface area contributed by atoms with Crippen LogP contribution in [-0.4, -0.2) is 48.2 Å². The molecule has 65 heavy (non-hydrogen) atoms. The second-order valence-electron chi connectivity index (χ2n) is 13.9. The van der Waals surface area contributed by atoms with E-state index in [0.717, 1.165) is 31.3 Å². The summed E-state index contributed by atoms with van der Waals surface area (Å²) in [6.07, 6.45) is 0. The molecule has 0 fully saturated rings. The van der Waals surface area contributed by atoms with E-state index in [9.17, 15) is 24.3 Å². The van der Waals surface area contributed by atoms with Crippen molar-refractivity contribution < 1.29 is 53.1 Å². The first-order valence-electron chi connectivity index (χ1n) is 19.8. The van der Waals surface area contributed by atoms with Gasteiger partial charge in [0.2, 0.25) is 11.8 Å². The lowest BCUT2D eigenvalue weighted by Crippen LogP contribution is -2.10. The van der Waals surface area contributed by atoms with Crippen molar-refractivity contribution >= 4 is 66.6 Å². The molecule has 0 bridgehead atoms. The fourth-order valence-electron chi connectivity index (χ4n) is 6.42. The number of amides is 2. The lowest BCUT2D eigenvalue weighted by molar-refractivity contribution is 0.0475. The Morgan fingerprint density at radius 1 is 0.523 bits per heavy atom. The van der Waals surface area contributed by atoms with E-state index in [0.29, 0.717) is 50.1 Å². The van der Waals surface area contributed by atoms with Gasteiger partial charge in [-0.1, -0.05) is 72.8 Å². The van der Waals surface area contributed by atoms with Crippen molar-refractivity contribution in [1.82, 2.24) is 0 Å². The maximum Gasteiger partial charge on any atom is 0.349 e. The average molecular weight is 913 g/mol. The van der Waals surface area contributed by atoms with Gasteiger partial charge in [-0.3, -0.25) is 9.59 Å². The highest BCUT2D eigenvalue weighted by molar-refractivity contribution is 7.21. The predicted molar refractivity (Wildman–Crippen MR) is 250 cm³/mol. The van der Waals surface area contributed by atoms with Crippen molar-refractivity contribution in [3.8, 4) is 23.0 Å². The highest BCUT2D eigenvalue weighted by Gasteiger charge is 2.24. The zero-order valence-electron chi connectivity index (χ0n) is 35.2. The monoisotopic (exact) mass is 912 g/mol. The van der Waals surface area contributed by atoms with Crippen molar-refractivity contribution in [3.63, 3.8) is 0 Å². The Hall–Kier alpha value is -7.72. The van der Waals surface area contributed by atoms with E-state index in [1.165, 1.54) is 22.7 Å². The van der Waals surface area contributed by atoms with Gasteiger partial charge < -0.3 is 45.4 Å². The third kappa shape index (κ3) is 12.1. The first-order valence-corrected chi connectivity index (χ1v) is 21.5. The molecule has 0 aliphatic heterocycles. The first-order chi connectivity index (χ1) is 31.5. The van der Waals surface area contributed by atoms with Gasteiger partial charge in [0.05, 0.1) is 20.8 Å². The van der Waals surface area contributed by atoms with Crippen LogP contribution in [-0.2, 0) is 31.2 Å². The SMILES string of the molecule is COc1cccc2sc(C(=O)O)c(COc3ccc(C(N)=O)cc3)c12.COc1cccc2sc(C(=O)OCc3ccccc3)c(COc3ccc(C(N)=O)cc3)c12.OCc1ccccc1. The van der Waals surface area contributed by atoms with Crippen molar-refractivity contribution in [3.05, 3.63) is 189 Å². The zero-order valence-corrected chi connectivity index (χ0v) is 36.9. The smallest absolute Gasteiger partial charge is 0.349 e. The van der Waals surface area contributed by atoms with Crippen LogP contribution in [0.2, 0.25) is 0 Å². The Bertz CT molecular complexity index is 2880. The molecule has 8 aromatic rings. The van der Waals surface area contributed by atoms with Gasteiger partial charge in [0.15, 0.2) is 0 Å². The number of aromatic carboxylic acids is 1. The number of carbonyl (C=O) groups is 4. The van der Waals surface area contributed by atoms with E-state index >= 15 is 0 Å². The molecule has 0 saturated heterocycles. The van der Waals surface area contributed by atoms with Crippen molar-refractivity contribution in [2.24, 2.45) is 11.5 Å². The normalized spacial score (nSPS) is 10.4. The minimum Gasteiger partial charge on any atom is -0.496 e. The summed E-state index contributed by atoms with van der Waals surface area (Å²) >= 11 is 2.52. The number of fused-ring (bicyclic) bond motifs is 2. The number of hydrogen-bond acceptors (Lipinski definition) is 12. The van der Waals surface area contributed by atoms with E-state index in [2.05, 4.69) is 0 Å². The fraction of sp³-hybridized carbons (Fsp3) is 0.120. The van der Waals surface area contributed by atoms with Gasteiger partial charge in [-0.2, -0.15) is 0 Å². The molecule has 0 aliphatic rings. The number of methoxy groups -OCH3 is 2. The molecule has 2 heterocycles. The molecule has 15 heteroatoms. The number of thiophene rings is 2.